The Hall–Kier alpha value is 2.78. The second-order valence-corrected chi connectivity index (χ2v) is 14.8. The predicted molar refractivity (Wildman–Crippen MR) is 54.6 cm³/mol. The van der Waals surface area contributed by atoms with Crippen LogP contribution in [0.5, 0.6) is 0 Å². The summed E-state index contributed by atoms with van der Waals surface area (Å²) in [7, 11) is -2.44. The van der Waals surface area contributed by atoms with Gasteiger partial charge in [-0.2, -0.15) is 0 Å². The molecular weight excluding hydrogens is 366 g/mol. The van der Waals surface area contributed by atoms with Crippen molar-refractivity contribution in [2.24, 2.45) is 0 Å². The molecule has 2 nitrogen and oxygen atoms in total. The van der Waals surface area contributed by atoms with Crippen molar-refractivity contribution in [2.45, 2.75) is 39.3 Å². The van der Waals surface area contributed by atoms with Crippen molar-refractivity contribution < 1.29 is 73.6 Å². The van der Waals surface area contributed by atoms with E-state index in [-0.39, 0.29) is 75.4 Å². The van der Waals surface area contributed by atoms with Gasteiger partial charge in [0.25, 0.3) is 0 Å². The van der Waals surface area contributed by atoms with Crippen molar-refractivity contribution >= 4 is 26.6 Å². The molecule has 0 aliphatic carbocycles. The first-order valence-corrected chi connectivity index (χ1v) is 11.4. The van der Waals surface area contributed by atoms with Crippen LogP contribution in [0.15, 0.2) is 0 Å². The normalized spacial score (nSPS) is 11.5. The van der Waals surface area contributed by atoms with Gasteiger partial charge >= 0.3 is 10.0 Å². The number of hydrogen-bond donors (Lipinski definition) is 0. The predicted octanol–water partition coefficient (Wildman–Crippen LogP) is 2.22. The van der Waals surface area contributed by atoms with Crippen molar-refractivity contribution in [1.82, 2.24) is 0 Å². The fourth-order valence-corrected chi connectivity index (χ4v) is 2.81. The number of hydrogen-bond acceptors (Lipinski definition) is 2. The van der Waals surface area contributed by atoms with Crippen LogP contribution in [0.4, 0.5) is 0 Å². The third kappa shape index (κ3) is 20.8. The molecule has 0 fully saturated rings. The average Bonchev–Trinajstić information content (AvgIpc) is 1.55. The van der Waals surface area contributed by atoms with Crippen molar-refractivity contribution in [3.63, 3.8) is 0 Å². The van der Waals surface area contributed by atoms with E-state index in [0.29, 0.717) is 0 Å². The Balaban J connectivity index is -0.000000500. The van der Waals surface area contributed by atoms with E-state index in [1.807, 2.05) is 0 Å². The Morgan fingerprint density at radius 2 is 0.923 bits per heavy atom. The Kier molecular flexibility index (Phi) is 14.4. The van der Waals surface area contributed by atoms with Crippen molar-refractivity contribution in [3.05, 3.63) is 0 Å². The Morgan fingerprint density at radius 3 is 1.08 bits per heavy atom. The Labute approximate surface area is 137 Å². The SMILES string of the molecule is C[Si](C)(C)O[Si]O[Si](C)(C)C.[Y].[Y]. The summed E-state index contributed by atoms with van der Waals surface area (Å²) in [5.74, 6) is 0. The van der Waals surface area contributed by atoms with Gasteiger partial charge in [0, 0.05) is 65.4 Å². The summed E-state index contributed by atoms with van der Waals surface area (Å²) in [5, 5.41) is 0. The molecule has 0 atom stereocenters. The molecule has 13 heavy (non-hydrogen) atoms. The molecule has 0 heterocycles. The van der Waals surface area contributed by atoms with Gasteiger partial charge in [-0.05, 0) is 39.3 Å². The van der Waals surface area contributed by atoms with Gasteiger partial charge in [0.15, 0.2) is 16.6 Å². The molecule has 72 valence electrons. The average molecular weight is 384 g/mol. The summed E-state index contributed by atoms with van der Waals surface area (Å²) in [4.78, 5) is 0. The Morgan fingerprint density at radius 1 is 0.692 bits per heavy atom. The number of rotatable bonds is 4. The molecule has 0 amide bonds. The summed E-state index contributed by atoms with van der Waals surface area (Å²) < 4.78 is 11.2. The molecule has 0 bridgehead atoms. The zero-order chi connectivity index (χ0) is 9.12. The van der Waals surface area contributed by atoms with E-state index in [4.69, 9.17) is 8.23 Å². The Bertz CT molecular complexity index is 108. The fourth-order valence-electron chi connectivity index (χ4n) is 0.271. The van der Waals surface area contributed by atoms with Gasteiger partial charge in [-0.15, -0.1) is 0 Å². The molecule has 4 radical (unpaired) electrons. The molecule has 0 saturated heterocycles. The monoisotopic (exact) mass is 384 g/mol. The molecule has 7 heteroatoms. The zero-order valence-corrected chi connectivity index (χ0v) is 18.1. The van der Waals surface area contributed by atoms with E-state index in [1.165, 1.54) is 0 Å². The van der Waals surface area contributed by atoms with Crippen LogP contribution in [0.25, 0.3) is 0 Å². The van der Waals surface area contributed by atoms with Gasteiger partial charge in [0.05, 0.1) is 0 Å². The molecule has 0 aliphatic rings. The molecular formula is C6H18O2Si3Y2. The topological polar surface area (TPSA) is 18.5 Å². The zero-order valence-electron chi connectivity index (χ0n) is 9.47. The molecule has 0 aliphatic heterocycles. The van der Waals surface area contributed by atoms with Crippen molar-refractivity contribution in [3.8, 4) is 0 Å². The summed E-state index contributed by atoms with van der Waals surface area (Å²) in [6.45, 7) is 13.0. The smallest absolute Gasteiger partial charge is 0.410 e. The minimum atomic E-state index is -1.35. The third-order valence-corrected chi connectivity index (χ3v) is 6.26. The van der Waals surface area contributed by atoms with Crippen molar-refractivity contribution in [1.29, 1.82) is 0 Å². The second-order valence-electron chi connectivity index (χ2n) is 4.51. The maximum Gasteiger partial charge on any atom is 0.410 e. The van der Waals surface area contributed by atoms with Crippen LogP contribution in [0.3, 0.4) is 0 Å². The first-order valence-electron chi connectivity index (χ1n) is 3.82. The molecule has 0 aromatic rings. The molecule has 0 spiro atoms. The van der Waals surface area contributed by atoms with Crippen LogP contribution < -0.4 is 0 Å². The van der Waals surface area contributed by atoms with E-state index >= 15 is 0 Å². The van der Waals surface area contributed by atoms with E-state index in [1.54, 1.807) is 0 Å². The van der Waals surface area contributed by atoms with Gasteiger partial charge in [0.2, 0.25) is 0 Å². The second kappa shape index (κ2) is 8.88. The standard InChI is InChI=1S/C6H18O2Si3.2Y/c1-10(2,3)7-9-8-11(4,5)6;;/h1-6H3;;. The van der Waals surface area contributed by atoms with Crippen LogP contribution in [0, 0.1) is 0 Å². The molecule has 0 unspecified atom stereocenters. The molecule has 0 saturated carbocycles. The summed E-state index contributed by atoms with van der Waals surface area (Å²) in [6.07, 6.45) is 0. The van der Waals surface area contributed by atoms with Crippen molar-refractivity contribution in [2.75, 3.05) is 0 Å². The van der Waals surface area contributed by atoms with Crippen LogP contribution in [0.2, 0.25) is 39.3 Å². The van der Waals surface area contributed by atoms with Gasteiger partial charge in [0.1, 0.15) is 0 Å². The van der Waals surface area contributed by atoms with Gasteiger partial charge < -0.3 is 8.23 Å². The first-order chi connectivity index (χ1) is 4.71. The summed E-state index contributed by atoms with van der Waals surface area (Å²) in [6, 6.07) is 0. The molecule has 0 rings (SSSR count). The van der Waals surface area contributed by atoms with E-state index < -0.39 is 16.6 Å². The molecule has 0 aromatic carbocycles. The van der Waals surface area contributed by atoms with Crippen LogP contribution in [-0.2, 0) is 73.6 Å². The van der Waals surface area contributed by atoms with Crippen LogP contribution in [0.1, 0.15) is 0 Å². The summed E-state index contributed by atoms with van der Waals surface area (Å²) in [5.41, 5.74) is 0. The van der Waals surface area contributed by atoms with Crippen LogP contribution in [-0.4, -0.2) is 26.6 Å². The molecule has 0 N–H and O–H groups in total. The largest absolute Gasteiger partial charge is 0.435 e. The minimum Gasteiger partial charge on any atom is -0.435 e. The maximum atomic E-state index is 5.58. The molecule has 0 aromatic heterocycles. The summed E-state index contributed by atoms with van der Waals surface area (Å²) >= 11 is 0. The van der Waals surface area contributed by atoms with E-state index in [2.05, 4.69) is 39.3 Å². The van der Waals surface area contributed by atoms with Gasteiger partial charge in [-0.25, -0.2) is 0 Å². The van der Waals surface area contributed by atoms with Gasteiger partial charge in [-0.1, -0.05) is 0 Å². The fraction of sp³-hybridized carbons (Fsp3) is 1.00. The van der Waals surface area contributed by atoms with Crippen LogP contribution >= 0.6 is 0 Å². The quantitative estimate of drug-likeness (QED) is 0.693. The first kappa shape index (κ1) is 21.1. The van der Waals surface area contributed by atoms with E-state index in [9.17, 15) is 0 Å². The maximum absolute atomic E-state index is 5.58. The minimum absolute atomic E-state index is 0. The third-order valence-electron chi connectivity index (χ3n) is 0.696. The van der Waals surface area contributed by atoms with Gasteiger partial charge in [-0.3, -0.25) is 0 Å². The van der Waals surface area contributed by atoms with E-state index in [0.717, 1.165) is 0 Å².